The first kappa shape index (κ1) is 15.2. The minimum absolute atomic E-state index is 0.364. The van der Waals surface area contributed by atoms with Gasteiger partial charge in [-0.15, -0.1) is 0 Å². The highest BCUT2D eigenvalue weighted by molar-refractivity contribution is 5.19. The average molecular weight is 253 g/mol. The van der Waals surface area contributed by atoms with Crippen molar-refractivity contribution in [2.24, 2.45) is 13.0 Å². The quantitative estimate of drug-likeness (QED) is 0.773. The van der Waals surface area contributed by atoms with Crippen LogP contribution in [0.5, 0.6) is 0 Å². The van der Waals surface area contributed by atoms with Gasteiger partial charge < -0.3 is 10.1 Å². The fraction of sp³-hybridized carbons (Fsp3) is 0.786. The smallest absolute Gasteiger partial charge is 0.0579 e. The Kier molecular flexibility index (Phi) is 6.36. The maximum absolute atomic E-state index is 5.24. The average Bonchev–Trinajstić information content (AvgIpc) is 2.65. The molecule has 0 saturated heterocycles. The Morgan fingerprint density at radius 3 is 2.72 bits per heavy atom. The Balaban J connectivity index is 2.77. The molecule has 0 aliphatic carbocycles. The number of hydrogen-bond donors (Lipinski definition) is 1. The van der Waals surface area contributed by atoms with Crippen LogP contribution in [0.2, 0.25) is 0 Å². The van der Waals surface area contributed by atoms with Gasteiger partial charge in [0.05, 0.1) is 11.9 Å². The van der Waals surface area contributed by atoms with E-state index in [0.717, 1.165) is 26.0 Å². The van der Waals surface area contributed by atoms with Gasteiger partial charge >= 0.3 is 0 Å². The molecule has 1 heterocycles. The number of ether oxygens (including phenoxy) is 1. The van der Waals surface area contributed by atoms with Gasteiger partial charge in [-0.25, -0.2) is 0 Å². The van der Waals surface area contributed by atoms with Crippen LogP contribution in [0.4, 0.5) is 0 Å². The summed E-state index contributed by atoms with van der Waals surface area (Å²) in [5.41, 5.74) is 2.56. The van der Waals surface area contributed by atoms with Crippen molar-refractivity contribution in [3.8, 4) is 0 Å². The van der Waals surface area contributed by atoms with Crippen LogP contribution >= 0.6 is 0 Å². The Labute approximate surface area is 111 Å². The third kappa shape index (κ3) is 4.10. The number of aryl methyl sites for hydroxylation is 2. The number of nitrogens with zero attached hydrogens (tertiary/aromatic N) is 2. The molecule has 0 aromatic carbocycles. The minimum atomic E-state index is 0.364. The van der Waals surface area contributed by atoms with Crippen LogP contribution in [0.3, 0.4) is 0 Å². The van der Waals surface area contributed by atoms with E-state index in [4.69, 9.17) is 4.74 Å². The van der Waals surface area contributed by atoms with E-state index in [1.807, 2.05) is 17.9 Å². The molecule has 4 heteroatoms. The van der Waals surface area contributed by atoms with Gasteiger partial charge in [0.25, 0.3) is 0 Å². The van der Waals surface area contributed by atoms with E-state index in [0.29, 0.717) is 12.0 Å². The van der Waals surface area contributed by atoms with Crippen molar-refractivity contribution < 1.29 is 4.74 Å². The lowest BCUT2D eigenvalue weighted by molar-refractivity contribution is 0.148. The van der Waals surface area contributed by atoms with Gasteiger partial charge in [-0.1, -0.05) is 13.8 Å². The number of aromatic nitrogens is 2. The standard InChI is InChI=1S/C14H27N3O/c1-6-7-15-13(8-11(2)10-18-5)14-12(3)9-16-17(14)4/h9,11,13,15H,6-8,10H2,1-5H3. The Hall–Kier alpha value is -0.870. The predicted octanol–water partition coefficient (Wildman–Crippen LogP) is 2.44. The first-order valence-electron chi connectivity index (χ1n) is 6.80. The van der Waals surface area contributed by atoms with Gasteiger partial charge in [0, 0.05) is 26.8 Å². The van der Waals surface area contributed by atoms with Crippen molar-refractivity contribution >= 4 is 0 Å². The lowest BCUT2D eigenvalue weighted by Crippen LogP contribution is -2.27. The highest BCUT2D eigenvalue weighted by Crippen LogP contribution is 2.24. The predicted molar refractivity (Wildman–Crippen MR) is 74.6 cm³/mol. The summed E-state index contributed by atoms with van der Waals surface area (Å²) < 4.78 is 7.22. The maximum atomic E-state index is 5.24. The zero-order valence-electron chi connectivity index (χ0n) is 12.4. The third-order valence-corrected chi connectivity index (χ3v) is 3.24. The molecule has 0 spiro atoms. The van der Waals surface area contributed by atoms with Crippen molar-refractivity contribution in [2.75, 3.05) is 20.3 Å². The van der Waals surface area contributed by atoms with E-state index in [1.54, 1.807) is 7.11 Å². The molecule has 0 aliphatic rings. The van der Waals surface area contributed by atoms with Crippen LogP contribution < -0.4 is 5.32 Å². The van der Waals surface area contributed by atoms with Crippen molar-refractivity contribution in [2.45, 2.75) is 39.7 Å². The maximum Gasteiger partial charge on any atom is 0.0579 e. The zero-order valence-corrected chi connectivity index (χ0v) is 12.4. The summed E-state index contributed by atoms with van der Waals surface area (Å²) in [5.74, 6) is 0.540. The fourth-order valence-electron chi connectivity index (χ4n) is 2.42. The molecule has 2 atom stereocenters. The normalized spacial score (nSPS) is 14.7. The number of hydrogen-bond acceptors (Lipinski definition) is 3. The Bertz CT molecular complexity index is 329. The van der Waals surface area contributed by atoms with Crippen molar-refractivity contribution in [3.63, 3.8) is 0 Å². The molecule has 0 bridgehead atoms. The van der Waals surface area contributed by atoms with Crippen LogP contribution in [0.1, 0.15) is 44.0 Å². The van der Waals surface area contributed by atoms with E-state index in [1.165, 1.54) is 11.3 Å². The monoisotopic (exact) mass is 253 g/mol. The van der Waals surface area contributed by atoms with Gasteiger partial charge in [-0.05, 0) is 37.8 Å². The molecule has 4 nitrogen and oxygen atoms in total. The molecule has 0 saturated carbocycles. The topological polar surface area (TPSA) is 39.1 Å². The summed E-state index contributed by atoms with van der Waals surface area (Å²) in [7, 11) is 3.78. The highest BCUT2D eigenvalue weighted by atomic mass is 16.5. The van der Waals surface area contributed by atoms with Crippen LogP contribution in [0, 0.1) is 12.8 Å². The molecule has 1 aromatic heterocycles. The molecule has 2 unspecified atom stereocenters. The van der Waals surface area contributed by atoms with E-state index < -0.39 is 0 Å². The van der Waals surface area contributed by atoms with Crippen LogP contribution in [-0.2, 0) is 11.8 Å². The summed E-state index contributed by atoms with van der Waals surface area (Å²) in [6, 6.07) is 0.364. The molecule has 1 rings (SSSR count). The van der Waals surface area contributed by atoms with Crippen molar-refractivity contribution in [1.29, 1.82) is 0 Å². The third-order valence-electron chi connectivity index (χ3n) is 3.24. The summed E-state index contributed by atoms with van der Waals surface area (Å²) in [4.78, 5) is 0. The zero-order chi connectivity index (χ0) is 13.5. The number of rotatable bonds is 8. The Morgan fingerprint density at radius 1 is 1.50 bits per heavy atom. The summed E-state index contributed by atoms with van der Waals surface area (Å²) in [6.45, 7) is 8.40. The van der Waals surface area contributed by atoms with E-state index in [9.17, 15) is 0 Å². The second kappa shape index (κ2) is 7.54. The first-order valence-corrected chi connectivity index (χ1v) is 6.80. The molecule has 0 radical (unpaired) electrons. The second-order valence-corrected chi connectivity index (χ2v) is 5.14. The Morgan fingerprint density at radius 2 is 2.22 bits per heavy atom. The lowest BCUT2D eigenvalue weighted by atomic mass is 9.98. The minimum Gasteiger partial charge on any atom is -0.384 e. The van der Waals surface area contributed by atoms with Gasteiger partial charge in [-0.3, -0.25) is 4.68 Å². The molecular formula is C14H27N3O. The summed E-state index contributed by atoms with van der Waals surface area (Å²) in [5, 5.41) is 7.97. The molecule has 104 valence electrons. The van der Waals surface area contributed by atoms with Crippen molar-refractivity contribution in [1.82, 2.24) is 15.1 Å². The molecule has 0 aliphatic heterocycles. The van der Waals surface area contributed by atoms with E-state index in [2.05, 4.69) is 31.2 Å². The lowest BCUT2D eigenvalue weighted by Gasteiger charge is -2.23. The van der Waals surface area contributed by atoms with E-state index in [-0.39, 0.29) is 0 Å². The summed E-state index contributed by atoms with van der Waals surface area (Å²) >= 11 is 0. The molecule has 0 amide bonds. The van der Waals surface area contributed by atoms with E-state index >= 15 is 0 Å². The number of nitrogens with one attached hydrogen (secondary N) is 1. The molecule has 1 N–H and O–H groups in total. The van der Waals surface area contributed by atoms with Gasteiger partial charge in [0.15, 0.2) is 0 Å². The molecular weight excluding hydrogens is 226 g/mol. The van der Waals surface area contributed by atoms with Gasteiger partial charge in [0.2, 0.25) is 0 Å². The summed E-state index contributed by atoms with van der Waals surface area (Å²) in [6.07, 6.45) is 4.16. The number of methoxy groups -OCH3 is 1. The largest absolute Gasteiger partial charge is 0.384 e. The van der Waals surface area contributed by atoms with Crippen LogP contribution in [0.15, 0.2) is 6.20 Å². The molecule has 0 fully saturated rings. The van der Waals surface area contributed by atoms with Crippen LogP contribution in [-0.4, -0.2) is 30.0 Å². The van der Waals surface area contributed by atoms with Crippen molar-refractivity contribution in [3.05, 3.63) is 17.5 Å². The fourth-order valence-corrected chi connectivity index (χ4v) is 2.42. The molecule has 1 aromatic rings. The SMILES string of the molecule is CCCNC(CC(C)COC)c1c(C)cnn1C. The van der Waals surface area contributed by atoms with Gasteiger partial charge in [0.1, 0.15) is 0 Å². The van der Waals surface area contributed by atoms with Crippen LogP contribution in [0.25, 0.3) is 0 Å². The highest BCUT2D eigenvalue weighted by Gasteiger charge is 2.19. The first-order chi connectivity index (χ1) is 8.60. The van der Waals surface area contributed by atoms with Gasteiger partial charge in [-0.2, -0.15) is 5.10 Å². The second-order valence-electron chi connectivity index (χ2n) is 5.14. The molecule has 18 heavy (non-hydrogen) atoms.